The molecule has 3 aromatic carbocycles. The first kappa shape index (κ1) is 23.6. The van der Waals surface area contributed by atoms with Crippen LogP contribution >= 0.6 is 11.8 Å². The Balaban J connectivity index is 1.26. The Labute approximate surface area is 214 Å². The highest BCUT2D eigenvalue weighted by Gasteiger charge is 2.14. The molecule has 0 fully saturated rings. The quantitative estimate of drug-likeness (QED) is 0.191. The third-order valence-corrected chi connectivity index (χ3v) is 6.81. The first-order valence-electron chi connectivity index (χ1n) is 11.7. The molecule has 1 amide bonds. The number of anilines is 3. The summed E-state index contributed by atoms with van der Waals surface area (Å²) < 4.78 is 0. The predicted molar refractivity (Wildman–Crippen MR) is 146 cm³/mol. The Bertz CT molecular complexity index is 1470. The molecule has 180 valence electrons. The molecule has 2 aromatic heterocycles. The molecule has 0 atom stereocenters. The van der Waals surface area contributed by atoms with Gasteiger partial charge in [0.1, 0.15) is 11.4 Å². The van der Waals surface area contributed by atoms with Gasteiger partial charge in [-0.2, -0.15) is 5.10 Å². The lowest BCUT2D eigenvalue weighted by molar-refractivity contribution is 0.102. The highest BCUT2D eigenvalue weighted by molar-refractivity contribution is 7.98. The average Bonchev–Trinajstić information content (AvgIpc) is 3.39. The fraction of sp³-hybridized carbons (Fsp3) is 0.143. The third-order valence-electron chi connectivity index (χ3n) is 5.73. The second-order valence-corrected chi connectivity index (χ2v) is 9.56. The van der Waals surface area contributed by atoms with E-state index in [2.05, 4.69) is 56.4 Å². The molecule has 8 heteroatoms. The maximum atomic E-state index is 13.0. The normalized spacial score (nSPS) is 11.1. The van der Waals surface area contributed by atoms with Gasteiger partial charge < -0.3 is 10.2 Å². The van der Waals surface area contributed by atoms with Crippen LogP contribution in [0, 0.1) is 0 Å². The van der Waals surface area contributed by atoms with Gasteiger partial charge in [-0.1, -0.05) is 30.3 Å². The number of aromatic nitrogens is 4. The van der Waals surface area contributed by atoms with Crippen LogP contribution in [-0.4, -0.2) is 32.1 Å². The summed E-state index contributed by atoms with van der Waals surface area (Å²) in [5.74, 6) is 0.537. The number of hydrogen-bond donors (Lipinski definition) is 2. The van der Waals surface area contributed by atoms with Crippen LogP contribution < -0.4 is 10.2 Å². The summed E-state index contributed by atoms with van der Waals surface area (Å²) in [6, 6.07) is 26.2. The number of carbonyl (C=O) groups excluding carboxylic acids is 1. The van der Waals surface area contributed by atoms with E-state index in [0.717, 1.165) is 33.0 Å². The van der Waals surface area contributed by atoms with Crippen LogP contribution in [0.1, 0.15) is 29.8 Å². The second kappa shape index (κ2) is 10.6. The van der Waals surface area contributed by atoms with Crippen molar-refractivity contribution >= 4 is 45.8 Å². The van der Waals surface area contributed by atoms with Gasteiger partial charge in [-0.3, -0.25) is 9.89 Å². The zero-order valence-electron chi connectivity index (χ0n) is 20.1. The predicted octanol–water partition coefficient (Wildman–Crippen LogP) is 6.44. The molecule has 2 N–H and O–H groups in total. The largest absolute Gasteiger partial charge is 0.339 e. The Morgan fingerprint density at radius 3 is 2.53 bits per heavy atom. The van der Waals surface area contributed by atoms with E-state index in [0.29, 0.717) is 23.0 Å². The smallest absolute Gasteiger partial charge is 0.255 e. The van der Waals surface area contributed by atoms with Crippen LogP contribution in [0.15, 0.2) is 96.4 Å². The third kappa shape index (κ3) is 5.23. The summed E-state index contributed by atoms with van der Waals surface area (Å²) in [5.41, 5.74) is 5.32. The van der Waals surface area contributed by atoms with Gasteiger partial charge in [0.2, 0.25) is 0 Å². The number of H-pyrrole nitrogens is 1. The number of nitrogens with zero attached hydrogens (tertiary/aromatic N) is 4. The summed E-state index contributed by atoms with van der Waals surface area (Å²) >= 11 is 1.59. The molecule has 0 unspecified atom stereocenters. The summed E-state index contributed by atoms with van der Waals surface area (Å²) in [7, 11) is 0. The van der Waals surface area contributed by atoms with Crippen LogP contribution in [0.5, 0.6) is 0 Å². The van der Waals surface area contributed by atoms with Gasteiger partial charge >= 0.3 is 0 Å². The van der Waals surface area contributed by atoms with Crippen molar-refractivity contribution in [3.63, 3.8) is 0 Å². The molecule has 0 saturated carbocycles. The number of aromatic amines is 1. The van der Waals surface area contributed by atoms with Gasteiger partial charge in [0.25, 0.3) is 5.91 Å². The topological polar surface area (TPSA) is 86.8 Å². The van der Waals surface area contributed by atoms with Gasteiger partial charge in [-0.15, -0.1) is 11.8 Å². The van der Waals surface area contributed by atoms with Crippen molar-refractivity contribution in [3.05, 3.63) is 103 Å². The lowest BCUT2D eigenvalue weighted by Gasteiger charge is -2.29. The van der Waals surface area contributed by atoms with E-state index in [4.69, 9.17) is 0 Å². The number of rotatable bonds is 8. The number of carbonyl (C=O) groups is 1. The van der Waals surface area contributed by atoms with Gasteiger partial charge in [-0.25, -0.2) is 9.97 Å². The van der Waals surface area contributed by atoms with Crippen LogP contribution in [0.25, 0.3) is 11.0 Å². The monoisotopic (exact) mass is 494 g/mol. The number of hydrogen-bond acceptors (Lipinski definition) is 6. The molecule has 7 nitrogen and oxygen atoms in total. The standard InChI is InChI=1S/C28H26N6OS/c1-19(2)34(23-9-4-3-5-10-23)24-13-11-22(12-14-24)32-27(35)21-8-6-7-20(15-21)17-36-28-25-16-31-33-26(25)29-18-30-28/h3-16,18-19H,17H2,1-2H3,(H,32,35)(H,29,30,31,33). The van der Waals surface area contributed by atoms with Crippen molar-refractivity contribution in [2.24, 2.45) is 0 Å². The lowest BCUT2D eigenvalue weighted by Crippen LogP contribution is -2.25. The number of amides is 1. The molecule has 0 aliphatic heterocycles. The minimum Gasteiger partial charge on any atom is -0.339 e. The Kier molecular flexibility index (Phi) is 6.95. The van der Waals surface area contributed by atoms with Gasteiger partial charge in [0.05, 0.1) is 11.6 Å². The molecule has 5 rings (SSSR count). The molecule has 0 spiro atoms. The van der Waals surface area contributed by atoms with Crippen molar-refractivity contribution in [2.75, 3.05) is 10.2 Å². The molecule has 2 heterocycles. The number of fused-ring (bicyclic) bond motifs is 1. The van der Waals surface area contributed by atoms with E-state index in [9.17, 15) is 4.79 Å². The molecule has 36 heavy (non-hydrogen) atoms. The van der Waals surface area contributed by atoms with Gasteiger partial charge in [-0.05, 0) is 67.9 Å². The Morgan fingerprint density at radius 1 is 0.972 bits per heavy atom. The molecule has 0 aliphatic carbocycles. The van der Waals surface area contributed by atoms with E-state index < -0.39 is 0 Å². The van der Waals surface area contributed by atoms with Crippen molar-refractivity contribution in [1.82, 2.24) is 20.2 Å². The average molecular weight is 495 g/mol. The fourth-order valence-corrected chi connectivity index (χ4v) is 4.96. The van der Waals surface area contributed by atoms with Gasteiger partial charge in [0, 0.05) is 34.4 Å². The summed E-state index contributed by atoms with van der Waals surface area (Å²) in [4.78, 5) is 23.8. The SMILES string of the molecule is CC(C)N(c1ccccc1)c1ccc(NC(=O)c2cccc(CSc3ncnc4[nH]ncc34)c2)cc1. The van der Waals surface area contributed by atoms with E-state index in [1.807, 2.05) is 66.7 Å². The maximum Gasteiger partial charge on any atom is 0.255 e. The van der Waals surface area contributed by atoms with Crippen molar-refractivity contribution < 1.29 is 4.79 Å². The van der Waals surface area contributed by atoms with E-state index in [1.54, 1.807) is 18.0 Å². The molecule has 0 bridgehead atoms. The summed E-state index contributed by atoms with van der Waals surface area (Å²) in [5, 5.41) is 11.7. The van der Waals surface area contributed by atoms with Crippen molar-refractivity contribution in [2.45, 2.75) is 30.7 Å². The second-order valence-electron chi connectivity index (χ2n) is 8.60. The van der Waals surface area contributed by atoms with E-state index in [1.165, 1.54) is 6.33 Å². The van der Waals surface area contributed by atoms with Crippen LogP contribution in [0.2, 0.25) is 0 Å². The molecular weight excluding hydrogens is 468 g/mol. The fourth-order valence-electron chi connectivity index (χ4n) is 4.05. The van der Waals surface area contributed by atoms with Gasteiger partial charge in [0.15, 0.2) is 5.65 Å². The van der Waals surface area contributed by atoms with Crippen molar-refractivity contribution in [3.8, 4) is 0 Å². The van der Waals surface area contributed by atoms with Crippen LogP contribution in [-0.2, 0) is 5.75 Å². The highest BCUT2D eigenvalue weighted by atomic mass is 32.2. The summed E-state index contributed by atoms with van der Waals surface area (Å²) in [6.07, 6.45) is 3.26. The zero-order valence-corrected chi connectivity index (χ0v) is 20.9. The van der Waals surface area contributed by atoms with E-state index >= 15 is 0 Å². The first-order valence-corrected chi connectivity index (χ1v) is 12.7. The minimum absolute atomic E-state index is 0.141. The lowest BCUT2D eigenvalue weighted by atomic mass is 10.1. The number of nitrogens with one attached hydrogen (secondary N) is 2. The maximum absolute atomic E-state index is 13.0. The molecule has 5 aromatic rings. The highest BCUT2D eigenvalue weighted by Crippen LogP contribution is 2.29. The number of para-hydroxylation sites is 1. The van der Waals surface area contributed by atoms with E-state index in [-0.39, 0.29) is 5.91 Å². The Morgan fingerprint density at radius 2 is 1.75 bits per heavy atom. The molecule has 0 radical (unpaired) electrons. The molecule has 0 aliphatic rings. The van der Waals surface area contributed by atoms with Crippen LogP contribution in [0.3, 0.4) is 0 Å². The van der Waals surface area contributed by atoms with Crippen molar-refractivity contribution in [1.29, 1.82) is 0 Å². The number of benzene rings is 3. The number of thioether (sulfide) groups is 1. The zero-order chi connectivity index (χ0) is 24.9. The minimum atomic E-state index is -0.141. The molecule has 0 saturated heterocycles. The first-order chi connectivity index (χ1) is 17.6. The molecular formula is C28H26N6OS. The van der Waals surface area contributed by atoms with Crippen LogP contribution in [0.4, 0.5) is 17.1 Å². The Hall–Kier alpha value is -4.17. The summed E-state index contributed by atoms with van der Waals surface area (Å²) in [6.45, 7) is 4.33.